The zero-order valence-electron chi connectivity index (χ0n) is 11.8. The molecule has 0 fully saturated rings. The van der Waals surface area contributed by atoms with Crippen LogP contribution in [-0.4, -0.2) is 12.0 Å². The summed E-state index contributed by atoms with van der Waals surface area (Å²) in [6.45, 7) is 1.74. The minimum Gasteiger partial charge on any atom is -0.481 e. The van der Waals surface area contributed by atoms with Gasteiger partial charge in [-0.1, -0.05) is 6.92 Å². The predicted molar refractivity (Wildman–Crippen MR) is 76.1 cm³/mol. The molecule has 1 atom stereocenters. The Morgan fingerprint density at radius 2 is 1.77 bits per heavy atom. The molecule has 2 aromatic rings. The molecule has 0 aliphatic carbocycles. The third-order valence-corrected chi connectivity index (χ3v) is 2.94. The Balaban J connectivity index is 2.04. The van der Waals surface area contributed by atoms with Crippen LogP contribution in [0.3, 0.4) is 0 Å². The number of rotatable bonds is 5. The van der Waals surface area contributed by atoms with Crippen molar-refractivity contribution in [2.45, 2.75) is 19.4 Å². The lowest BCUT2D eigenvalue weighted by Gasteiger charge is -2.17. The summed E-state index contributed by atoms with van der Waals surface area (Å²) in [6, 6.07) is 8.31. The normalized spacial score (nSPS) is 11.8. The Bertz CT molecular complexity index is 659. The molecule has 3 nitrogen and oxygen atoms in total. The van der Waals surface area contributed by atoms with Gasteiger partial charge < -0.3 is 10.1 Å². The van der Waals surface area contributed by atoms with Crippen molar-refractivity contribution in [3.63, 3.8) is 0 Å². The molecule has 1 N–H and O–H groups in total. The van der Waals surface area contributed by atoms with Crippen LogP contribution in [-0.2, 0) is 4.79 Å². The van der Waals surface area contributed by atoms with Gasteiger partial charge in [0.2, 0.25) is 0 Å². The van der Waals surface area contributed by atoms with Crippen LogP contribution in [0.1, 0.15) is 13.3 Å². The van der Waals surface area contributed by atoms with Crippen LogP contribution in [0.25, 0.3) is 0 Å². The molecule has 22 heavy (non-hydrogen) atoms. The zero-order chi connectivity index (χ0) is 16.1. The number of ether oxygens (including phenoxy) is 1. The molecule has 0 bridgehead atoms. The summed E-state index contributed by atoms with van der Waals surface area (Å²) >= 11 is 0. The molecule has 0 aliphatic heterocycles. The van der Waals surface area contributed by atoms with Gasteiger partial charge in [0.15, 0.2) is 17.7 Å². The van der Waals surface area contributed by atoms with E-state index in [-0.39, 0.29) is 5.69 Å². The lowest BCUT2D eigenvalue weighted by Crippen LogP contribution is -2.32. The van der Waals surface area contributed by atoms with E-state index in [0.29, 0.717) is 12.2 Å². The number of carbonyl (C=O) groups is 1. The molecular formula is C16H14F3NO2. The number of anilines is 1. The van der Waals surface area contributed by atoms with Gasteiger partial charge >= 0.3 is 0 Å². The van der Waals surface area contributed by atoms with Gasteiger partial charge in [-0.15, -0.1) is 0 Å². The van der Waals surface area contributed by atoms with Crippen LogP contribution in [0.15, 0.2) is 42.5 Å². The van der Waals surface area contributed by atoms with Gasteiger partial charge in [0.05, 0.1) is 0 Å². The highest BCUT2D eigenvalue weighted by molar-refractivity contribution is 5.94. The smallest absolute Gasteiger partial charge is 0.265 e. The van der Waals surface area contributed by atoms with E-state index in [0.717, 1.165) is 12.1 Å². The second-order valence-corrected chi connectivity index (χ2v) is 4.59. The molecule has 1 amide bonds. The average molecular weight is 309 g/mol. The molecule has 2 aromatic carbocycles. The van der Waals surface area contributed by atoms with Crippen molar-refractivity contribution >= 4 is 11.6 Å². The van der Waals surface area contributed by atoms with Gasteiger partial charge in [-0.3, -0.25) is 4.79 Å². The standard InChI is InChI=1S/C16H14F3NO2/c1-2-15(22-12-6-3-10(17)4-7-12)16(21)20-11-5-8-13(18)14(19)9-11/h3-9,15H,2H2,1H3,(H,20,21)/t15-/m1/s1. The van der Waals surface area contributed by atoms with E-state index in [4.69, 9.17) is 4.74 Å². The van der Waals surface area contributed by atoms with E-state index >= 15 is 0 Å². The Hall–Kier alpha value is -2.50. The summed E-state index contributed by atoms with van der Waals surface area (Å²) in [7, 11) is 0. The van der Waals surface area contributed by atoms with Crippen LogP contribution in [0.5, 0.6) is 5.75 Å². The van der Waals surface area contributed by atoms with Crippen molar-refractivity contribution in [3.05, 3.63) is 59.9 Å². The Morgan fingerprint density at radius 1 is 1.09 bits per heavy atom. The number of benzene rings is 2. The Kier molecular flexibility index (Phi) is 5.04. The molecule has 0 saturated heterocycles. The van der Waals surface area contributed by atoms with E-state index in [1.54, 1.807) is 6.92 Å². The third kappa shape index (κ3) is 4.00. The molecule has 0 spiro atoms. The van der Waals surface area contributed by atoms with E-state index in [9.17, 15) is 18.0 Å². The highest BCUT2D eigenvalue weighted by Crippen LogP contribution is 2.17. The molecule has 0 heterocycles. The lowest BCUT2D eigenvalue weighted by atomic mass is 10.2. The van der Waals surface area contributed by atoms with E-state index in [1.807, 2.05) is 0 Å². The van der Waals surface area contributed by atoms with Crippen LogP contribution < -0.4 is 10.1 Å². The summed E-state index contributed by atoms with van der Waals surface area (Å²) < 4.78 is 44.2. The number of carbonyl (C=O) groups excluding carboxylic acids is 1. The molecular weight excluding hydrogens is 295 g/mol. The zero-order valence-corrected chi connectivity index (χ0v) is 11.8. The minimum atomic E-state index is -1.05. The lowest BCUT2D eigenvalue weighted by molar-refractivity contribution is -0.122. The first-order chi connectivity index (χ1) is 10.5. The predicted octanol–water partition coefficient (Wildman–Crippen LogP) is 3.90. The van der Waals surface area contributed by atoms with Crippen LogP contribution >= 0.6 is 0 Å². The second kappa shape index (κ2) is 6.98. The first-order valence-corrected chi connectivity index (χ1v) is 6.67. The molecule has 0 aromatic heterocycles. The molecule has 0 saturated carbocycles. The van der Waals surface area contributed by atoms with Gasteiger partial charge in [0.25, 0.3) is 5.91 Å². The number of nitrogens with one attached hydrogen (secondary N) is 1. The number of halogens is 3. The molecule has 2 rings (SSSR count). The van der Waals surface area contributed by atoms with Crippen molar-refractivity contribution in [1.29, 1.82) is 0 Å². The van der Waals surface area contributed by atoms with Gasteiger partial charge in [-0.05, 0) is 42.8 Å². The maximum atomic E-state index is 13.1. The molecule has 116 valence electrons. The highest BCUT2D eigenvalue weighted by Gasteiger charge is 2.19. The topological polar surface area (TPSA) is 38.3 Å². The maximum absolute atomic E-state index is 13.1. The maximum Gasteiger partial charge on any atom is 0.265 e. The molecule has 0 radical (unpaired) electrons. The monoisotopic (exact) mass is 309 g/mol. The van der Waals surface area contributed by atoms with E-state index in [1.165, 1.54) is 30.3 Å². The fourth-order valence-corrected chi connectivity index (χ4v) is 1.80. The fourth-order valence-electron chi connectivity index (χ4n) is 1.80. The molecule has 6 heteroatoms. The number of hydrogen-bond acceptors (Lipinski definition) is 2. The van der Waals surface area contributed by atoms with Gasteiger partial charge in [0, 0.05) is 11.8 Å². The fraction of sp³-hybridized carbons (Fsp3) is 0.188. The first kappa shape index (κ1) is 15.9. The summed E-state index contributed by atoms with van der Waals surface area (Å²) in [5.74, 6) is -2.61. The van der Waals surface area contributed by atoms with Crippen molar-refractivity contribution in [3.8, 4) is 5.75 Å². The first-order valence-electron chi connectivity index (χ1n) is 6.67. The second-order valence-electron chi connectivity index (χ2n) is 4.59. The van der Waals surface area contributed by atoms with Crippen molar-refractivity contribution < 1.29 is 22.7 Å². The van der Waals surface area contributed by atoms with Crippen LogP contribution in [0, 0.1) is 17.5 Å². The van der Waals surface area contributed by atoms with Gasteiger partial charge in [-0.2, -0.15) is 0 Å². The number of amides is 1. The third-order valence-electron chi connectivity index (χ3n) is 2.94. The minimum absolute atomic E-state index is 0.130. The SMILES string of the molecule is CC[C@@H](Oc1ccc(F)cc1)C(=O)Nc1ccc(F)c(F)c1. The largest absolute Gasteiger partial charge is 0.481 e. The molecule has 0 unspecified atom stereocenters. The Morgan fingerprint density at radius 3 is 2.36 bits per heavy atom. The summed E-state index contributed by atoms with van der Waals surface area (Å²) in [5.41, 5.74) is 0.130. The van der Waals surface area contributed by atoms with Crippen LogP contribution in [0.4, 0.5) is 18.9 Å². The van der Waals surface area contributed by atoms with E-state index in [2.05, 4.69) is 5.32 Å². The average Bonchev–Trinajstić information content (AvgIpc) is 2.50. The summed E-state index contributed by atoms with van der Waals surface area (Å²) in [5, 5.41) is 2.45. The molecule has 0 aliphatic rings. The van der Waals surface area contributed by atoms with Crippen molar-refractivity contribution in [2.24, 2.45) is 0 Å². The summed E-state index contributed by atoms with van der Waals surface area (Å²) in [4.78, 5) is 12.1. The Labute approximate surface area is 125 Å². The quantitative estimate of drug-likeness (QED) is 0.909. The number of hydrogen-bond donors (Lipinski definition) is 1. The summed E-state index contributed by atoms with van der Waals surface area (Å²) in [6.07, 6.45) is -0.481. The van der Waals surface area contributed by atoms with Gasteiger partial charge in [-0.25, -0.2) is 13.2 Å². The van der Waals surface area contributed by atoms with Gasteiger partial charge in [0.1, 0.15) is 11.6 Å². The van der Waals surface area contributed by atoms with Crippen molar-refractivity contribution in [1.82, 2.24) is 0 Å². The van der Waals surface area contributed by atoms with Crippen molar-refractivity contribution in [2.75, 3.05) is 5.32 Å². The van der Waals surface area contributed by atoms with E-state index < -0.39 is 29.5 Å². The van der Waals surface area contributed by atoms with Crippen LogP contribution in [0.2, 0.25) is 0 Å². The highest BCUT2D eigenvalue weighted by atomic mass is 19.2.